The molecule has 0 saturated carbocycles. The molecule has 0 aliphatic rings. The van der Waals surface area contributed by atoms with Crippen molar-refractivity contribution in [1.29, 1.82) is 0 Å². The van der Waals surface area contributed by atoms with Gasteiger partial charge in [0.15, 0.2) is 6.10 Å². The topological polar surface area (TPSA) is 38.3 Å². The van der Waals surface area contributed by atoms with E-state index in [0.29, 0.717) is 17.2 Å². The van der Waals surface area contributed by atoms with Gasteiger partial charge in [-0.15, -0.1) is 0 Å². The minimum Gasteiger partial charge on any atom is -0.479 e. The molecular weight excluding hydrogens is 322 g/mol. The van der Waals surface area contributed by atoms with E-state index in [-0.39, 0.29) is 11.9 Å². The molecule has 0 radical (unpaired) electrons. The second-order valence-electron chi connectivity index (χ2n) is 6.04. The Balaban J connectivity index is 2.09. The standard InChI is InChI=1S/C20H24ClNO2/c1-5-18(24-19-9-7-6-8-17(19)21)20(23)22-15(4)16-12-13(2)10-11-14(16)3/h6-12,15,18H,5H2,1-4H3,(H,22,23). The summed E-state index contributed by atoms with van der Waals surface area (Å²) in [7, 11) is 0. The van der Waals surface area contributed by atoms with E-state index >= 15 is 0 Å². The number of nitrogens with one attached hydrogen (secondary N) is 1. The second-order valence-corrected chi connectivity index (χ2v) is 6.44. The molecule has 0 aliphatic carbocycles. The summed E-state index contributed by atoms with van der Waals surface area (Å²) in [5, 5.41) is 3.55. The van der Waals surface area contributed by atoms with E-state index in [1.165, 1.54) is 5.56 Å². The van der Waals surface area contributed by atoms with Gasteiger partial charge in [0, 0.05) is 0 Å². The Hall–Kier alpha value is -2.00. The Kier molecular flexibility index (Phi) is 6.27. The third kappa shape index (κ3) is 4.51. The average Bonchev–Trinajstić information content (AvgIpc) is 2.56. The number of benzene rings is 2. The maximum atomic E-state index is 12.6. The van der Waals surface area contributed by atoms with Crippen molar-refractivity contribution in [3.63, 3.8) is 0 Å². The molecule has 2 atom stereocenters. The van der Waals surface area contributed by atoms with E-state index in [9.17, 15) is 4.79 Å². The number of rotatable bonds is 6. The smallest absolute Gasteiger partial charge is 0.261 e. The van der Waals surface area contributed by atoms with Crippen LogP contribution in [0.2, 0.25) is 5.02 Å². The molecule has 2 aromatic rings. The van der Waals surface area contributed by atoms with E-state index in [2.05, 4.69) is 30.4 Å². The van der Waals surface area contributed by atoms with Crippen molar-refractivity contribution < 1.29 is 9.53 Å². The van der Waals surface area contributed by atoms with Gasteiger partial charge in [0.05, 0.1) is 11.1 Å². The zero-order valence-corrected chi connectivity index (χ0v) is 15.4. The van der Waals surface area contributed by atoms with Crippen LogP contribution in [0, 0.1) is 13.8 Å². The average molecular weight is 346 g/mol. The lowest BCUT2D eigenvalue weighted by Crippen LogP contribution is -2.39. The summed E-state index contributed by atoms with van der Waals surface area (Å²) in [5.41, 5.74) is 3.46. The van der Waals surface area contributed by atoms with Gasteiger partial charge in [-0.05, 0) is 50.5 Å². The van der Waals surface area contributed by atoms with E-state index < -0.39 is 6.10 Å². The fourth-order valence-corrected chi connectivity index (χ4v) is 2.81. The zero-order valence-electron chi connectivity index (χ0n) is 14.6. The van der Waals surface area contributed by atoms with Crippen LogP contribution in [0.5, 0.6) is 5.75 Å². The van der Waals surface area contributed by atoms with Gasteiger partial charge in [-0.1, -0.05) is 54.4 Å². The quantitative estimate of drug-likeness (QED) is 0.800. The molecule has 0 aromatic heterocycles. The second kappa shape index (κ2) is 8.20. The van der Waals surface area contributed by atoms with Crippen LogP contribution < -0.4 is 10.1 Å². The molecule has 0 saturated heterocycles. The van der Waals surface area contributed by atoms with Crippen molar-refractivity contribution in [2.45, 2.75) is 46.3 Å². The number of carbonyl (C=O) groups is 1. The fraction of sp³-hybridized carbons (Fsp3) is 0.350. The molecule has 0 aliphatic heterocycles. The monoisotopic (exact) mass is 345 g/mol. The van der Waals surface area contributed by atoms with Gasteiger partial charge in [-0.3, -0.25) is 4.79 Å². The molecule has 3 nitrogen and oxygen atoms in total. The number of hydrogen-bond acceptors (Lipinski definition) is 2. The normalized spacial score (nSPS) is 13.2. The highest BCUT2D eigenvalue weighted by Gasteiger charge is 2.22. The third-order valence-corrected chi connectivity index (χ3v) is 4.34. The van der Waals surface area contributed by atoms with Crippen LogP contribution in [0.1, 0.15) is 43.0 Å². The van der Waals surface area contributed by atoms with E-state index in [0.717, 1.165) is 11.1 Å². The van der Waals surface area contributed by atoms with Crippen LogP contribution >= 0.6 is 11.6 Å². The third-order valence-electron chi connectivity index (χ3n) is 4.03. The first-order valence-electron chi connectivity index (χ1n) is 8.21. The lowest BCUT2D eigenvalue weighted by molar-refractivity contribution is -0.128. The summed E-state index contributed by atoms with van der Waals surface area (Å²) >= 11 is 6.11. The summed E-state index contributed by atoms with van der Waals surface area (Å²) in [4.78, 5) is 12.6. The molecule has 0 spiro atoms. The molecule has 0 heterocycles. The summed E-state index contributed by atoms with van der Waals surface area (Å²) in [6.45, 7) is 8.01. The van der Waals surface area contributed by atoms with Crippen molar-refractivity contribution in [3.05, 3.63) is 64.2 Å². The SMILES string of the molecule is CCC(Oc1ccccc1Cl)C(=O)NC(C)c1cc(C)ccc1C. The van der Waals surface area contributed by atoms with Crippen LogP contribution in [0.25, 0.3) is 0 Å². The van der Waals surface area contributed by atoms with Gasteiger partial charge >= 0.3 is 0 Å². The number of para-hydroxylation sites is 1. The largest absolute Gasteiger partial charge is 0.479 e. The fourth-order valence-electron chi connectivity index (χ4n) is 2.63. The number of halogens is 1. The van der Waals surface area contributed by atoms with Crippen molar-refractivity contribution in [1.82, 2.24) is 5.32 Å². The van der Waals surface area contributed by atoms with Crippen LogP contribution in [0.3, 0.4) is 0 Å². The number of carbonyl (C=O) groups excluding carboxylic acids is 1. The van der Waals surface area contributed by atoms with Crippen molar-refractivity contribution in [2.24, 2.45) is 0 Å². The highest BCUT2D eigenvalue weighted by Crippen LogP contribution is 2.25. The molecule has 2 aromatic carbocycles. The Morgan fingerprint density at radius 1 is 1.21 bits per heavy atom. The molecule has 128 valence electrons. The molecule has 1 amide bonds. The molecule has 2 rings (SSSR count). The highest BCUT2D eigenvalue weighted by atomic mass is 35.5. The Morgan fingerprint density at radius 3 is 2.58 bits per heavy atom. The first-order valence-corrected chi connectivity index (χ1v) is 8.59. The van der Waals surface area contributed by atoms with Crippen LogP contribution in [0.4, 0.5) is 0 Å². The van der Waals surface area contributed by atoms with Gasteiger partial charge in [0.2, 0.25) is 0 Å². The Labute approximate surface area is 149 Å². The first kappa shape index (κ1) is 18.3. The number of aryl methyl sites for hydroxylation is 2. The minimum atomic E-state index is -0.572. The molecule has 4 heteroatoms. The first-order chi connectivity index (χ1) is 11.4. The van der Waals surface area contributed by atoms with Crippen LogP contribution in [0.15, 0.2) is 42.5 Å². The summed E-state index contributed by atoms with van der Waals surface area (Å²) in [6, 6.07) is 13.4. The maximum absolute atomic E-state index is 12.6. The molecule has 0 fully saturated rings. The molecule has 24 heavy (non-hydrogen) atoms. The van der Waals surface area contributed by atoms with E-state index in [1.54, 1.807) is 12.1 Å². The van der Waals surface area contributed by atoms with Gasteiger partial charge in [-0.25, -0.2) is 0 Å². The molecule has 0 bridgehead atoms. The number of hydrogen-bond donors (Lipinski definition) is 1. The Morgan fingerprint density at radius 2 is 1.92 bits per heavy atom. The summed E-state index contributed by atoms with van der Waals surface area (Å²) in [5.74, 6) is 0.395. The number of ether oxygens (including phenoxy) is 1. The van der Waals surface area contributed by atoms with E-state index in [1.807, 2.05) is 32.9 Å². The van der Waals surface area contributed by atoms with Crippen LogP contribution in [-0.2, 0) is 4.79 Å². The minimum absolute atomic E-state index is 0.0821. The maximum Gasteiger partial charge on any atom is 0.261 e. The predicted molar refractivity (Wildman–Crippen MR) is 98.6 cm³/mol. The van der Waals surface area contributed by atoms with Gasteiger partial charge < -0.3 is 10.1 Å². The van der Waals surface area contributed by atoms with Gasteiger partial charge in [0.25, 0.3) is 5.91 Å². The van der Waals surface area contributed by atoms with Crippen LogP contribution in [-0.4, -0.2) is 12.0 Å². The molecular formula is C20H24ClNO2. The predicted octanol–water partition coefficient (Wildman–Crippen LogP) is 4.99. The summed E-state index contributed by atoms with van der Waals surface area (Å²) in [6.07, 6.45) is -0.00574. The Bertz CT molecular complexity index is 715. The van der Waals surface area contributed by atoms with E-state index in [4.69, 9.17) is 16.3 Å². The zero-order chi connectivity index (χ0) is 17.7. The number of amides is 1. The van der Waals surface area contributed by atoms with Gasteiger partial charge in [0.1, 0.15) is 5.75 Å². The lowest BCUT2D eigenvalue weighted by atomic mass is 10.00. The molecule has 2 unspecified atom stereocenters. The van der Waals surface area contributed by atoms with Crippen molar-refractivity contribution in [3.8, 4) is 5.75 Å². The summed E-state index contributed by atoms with van der Waals surface area (Å²) < 4.78 is 5.80. The molecule has 1 N–H and O–H groups in total. The van der Waals surface area contributed by atoms with Crippen molar-refractivity contribution >= 4 is 17.5 Å². The highest BCUT2D eigenvalue weighted by molar-refractivity contribution is 6.32. The lowest BCUT2D eigenvalue weighted by Gasteiger charge is -2.22. The van der Waals surface area contributed by atoms with Crippen molar-refractivity contribution in [2.75, 3.05) is 0 Å². The van der Waals surface area contributed by atoms with Gasteiger partial charge in [-0.2, -0.15) is 0 Å².